The highest BCUT2D eigenvalue weighted by molar-refractivity contribution is 8.13. The van der Waals surface area contributed by atoms with E-state index in [0.29, 0.717) is 6.61 Å². The molecule has 1 aromatic carbocycles. The fourth-order valence-corrected chi connectivity index (χ4v) is 2.86. The zero-order valence-corrected chi connectivity index (χ0v) is 13.2. The van der Waals surface area contributed by atoms with Crippen LogP contribution in [0.15, 0.2) is 30.3 Å². The summed E-state index contributed by atoms with van der Waals surface area (Å²) in [5, 5.41) is 0. The Morgan fingerprint density at radius 1 is 1.26 bits per heavy atom. The Balaban J connectivity index is 2.82. The molecule has 0 saturated carbocycles. The van der Waals surface area contributed by atoms with Gasteiger partial charge in [0.05, 0.1) is 18.0 Å². The Bertz CT molecular complexity index is 483. The van der Waals surface area contributed by atoms with Crippen LogP contribution in [0.25, 0.3) is 0 Å². The first-order valence-corrected chi connectivity index (χ1v) is 8.82. The van der Waals surface area contributed by atoms with Crippen LogP contribution in [0, 0.1) is 0 Å². The average Bonchev–Trinajstić information content (AvgIpc) is 2.34. The van der Waals surface area contributed by atoms with Gasteiger partial charge < -0.3 is 4.74 Å². The average molecular weight is 305 g/mol. The molecule has 0 saturated heterocycles. The predicted octanol–water partition coefficient (Wildman–Crippen LogP) is 3.54. The van der Waals surface area contributed by atoms with Gasteiger partial charge in [0.25, 0.3) is 0 Å². The van der Waals surface area contributed by atoms with E-state index in [0.717, 1.165) is 12.0 Å². The minimum Gasteiger partial charge on any atom is -0.375 e. The van der Waals surface area contributed by atoms with Crippen molar-refractivity contribution >= 4 is 19.7 Å². The van der Waals surface area contributed by atoms with Gasteiger partial charge in [-0.2, -0.15) is 0 Å². The van der Waals surface area contributed by atoms with Crippen LogP contribution in [0.1, 0.15) is 38.7 Å². The van der Waals surface area contributed by atoms with Crippen LogP contribution in [0.4, 0.5) is 0 Å². The van der Waals surface area contributed by atoms with Gasteiger partial charge >= 0.3 is 0 Å². The maximum Gasteiger partial charge on any atom is 0.233 e. The maximum absolute atomic E-state index is 11.3. The Kier molecular flexibility index (Phi) is 5.83. The molecular weight excluding hydrogens is 284 g/mol. The molecule has 1 aromatic rings. The summed E-state index contributed by atoms with van der Waals surface area (Å²) >= 11 is 0. The Morgan fingerprint density at radius 2 is 1.84 bits per heavy atom. The smallest absolute Gasteiger partial charge is 0.233 e. The van der Waals surface area contributed by atoms with Gasteiger partial charge in [-0.25, -0.2) is 8.42 Å². The molecule has 0 amide bonds. The van der Waals surface area contributed by atoms with E-state index in [4.69, 9.17) is 15.4 Å². The number of ether oxygens (including phenoxy) is 1. The molecule has 0 fully saturated rings. The summed E-state index contributed by atoms with van der Waals surface area (Å²) in [5.74, 6) is -0.354. The quantitative estimate of drug-likeness (QED) is 0.724. The molecule has 1 rings (SSSR count). The van der Waals surface area contributed by atoms with Crippen molar-refractivity contribution in [1.82, 2.24) is 0 Å². The minimum atomic E-state index is -3.55. The standard InChI is InChI=1S/C14H21ClO3S/c1-4-14(2,3)18-10-13(11-19(15,16)17)12-8-6-5-7-9-12/h5-9,13H,4,10-11H2,1-3H3. The molecule has 0 N–H and O–H groups in total. The number of rotatable bonds is 7. The molecule has 108 valence electrons. The topological polar surface area (TPSA) is 43.4 Å². The molecule has 0 spiro atoms. The first-order valence-electron chi connectivity index (χ1n) is 6.35. The van der Waals surface area contributed by atoms with Crippen molar-refractivity contribution in [3.05, 3.63) is 35.9 Å². The molecule has 1 unspecified atom stereocenters. The third-order valence-electron chi connectivity index (χ3n) is 3.20. The first-order chi connectivity index (χ1) is 8.73. The maximum atomic E-state index is 11.3. The van der Waals surface area contributed by atoms with Crippen molar-refractivity contribution in [2.24, 2.45) is 0 Å². The molecule has 3 nitrogen and oxygen atoms in total. The molecule has 0 aliphatic rings. The molecule has 0 aromatic heterocycles. The van der Waals surface area contributed by atoms with Gasteiger partial charge in [0.1, 0.15) is 0 Å². The third kappa shape index (κ3) is 6.41. The zero-order valence-electron chi connectivity index (χ0n) is 11.6. The zero-order chi connectivity index (χ0) is 14.5. The molecule has 0 aliphatic carbocycles. The highest BCUT2D eigenvalue weighted by Crippen LogP contribution is 2.23. The van der Waals surface area contributed by atoms with E-state index in [2.05, 4.69) is 0 Å². The van der Waals surface area contributed by atoms with Gasteiger partial charge in [-0.15, -0.1) is 0 Å². The SMILES string of the molecule is CCC(C)(C)OCC(CS(=O)(=O)Cl)c1ccccc1. The van der Waals surface area contributed by atoms with Gasteiger partial charge in [-0.05, 0) is 25.8 Å². The summed E-state index contributed by atoms with van der Waals surface area (Å²) in [6.45, 7) is 6.36. The van der Waals surface area contributed by atoms with Crippen LogP contribution >= 0.6 is 10.7 Å². The van der Waals surface area contributed by atoms with E-state index < -0.39 is 9.05 Å². The van der Waals surface area contributed by atoms with Gasteiger partial charge in [0.15, 0.2) is 0 Å². The Labute approximate surface area is 120 Å². The summed E-state index contributed by atoms with van der Waals surface area (Å²) in [5.41, 5.74) is 0.668. The Hall–Kier alpha value is -0.580. The van der Waals surface area contributed by atoms with Crippen LogP contribution in [0.5, 0.6) is 0 Å². The van der Waals surface area contributed by atoms with E-state index in [1.165, 1.54) is 0 Å². The lowest BCUT2D eigenvalue weighted by atomic mass is 10.0. The molecule has 19 heavy (non-hydrogen) atoms. The van der Waals surface area contributed by atoms with Crippen LogP contribution in [0.2, 0.25) is 0 Å². The molecule has 0 bridgehead atoms. The largest absolute Gasteiger partial charge is 0.375 e. The molecule has 0 aliphatic heterocycles. The van der Waals surface area contributed by atoms with Crippen molar-refractivity contribution in [3.63, 3.8) is 0 Å². The van der Waals surface area contributed by atoms with E-state index >= 15 is 0 Å². The Morgan fingerprint density at radius 3 is 2.32 bits per heavy atom. The van der Waals surface area contributed by atoms with Crippen LogP contribution < -0.4 is 0 Å². The van der Waals surface area contributed by atoms with Crippen LogP contribution in [-0.4, -0.2) is 26.4 Å². The van der Waals surface area contributed by atoms with E-state index in [1.807, 2.05) is 51.1 Å². The second kappa shape index (κ2) is 6.73. The van der Waals surface area contributed by atoms with Gasteiger partial charge in [-0.3, -0.25) is 0 Å². The second-order valence-corrected chi connectivity index (χ2v) is 8.06. The monoisotopic (exact) mass is 304 g/mol. The van der Waals surface area contributed by atoms with Crippen LogP contribution in [-0.2, 0) is 13.8 Å². The number of halogens is 1. The molecular formula is C14H21ClO3S. The highest BCUT2D eigenvalue weighted by atomic mass is 35.7. The fraction of sp³-hybridized carbons (Fsp3) is 0.571. The van der Waals surface area contributed by atoms with E-state index in [1.54, 1.807) is 0 Å². The molecule has 0 heterocycles. The predicted molar refractivity (Wildman–Crippen MR) is 79.1 cm³/mol. The van der Waals surface area contributed by atoms with Gasteiger partial charge in [-0.1, -0.05) is 37.3 Å². The van der Waals surface area contributed by atoms with Crippen molar-refractivity contribution in [2.45, 2.75) is 38.7 Å². The highest BCUT2D eigenvalue weighted by Gasteiger charge is 2.23. The molecule has 0 radical (unpaired) electrons. The van der Waals surface area contributed by atoms with Crippen molar-refractivity contribution in [2.75, 3.05) is 12.4 Å². The minimum absolute atomic E-state index is 0.113. The summed E-state index contributed by atoms with van der Waals surface area (Å²) in [6.07, 6.45) is 0.863. The van der Waals surface area contributed by atoms with Gasteiger partial charge in [0.2, 0.25) is 9.05 Å². The van der Waals surface area contributed by atoms with Gasteiger partial charge in [0, 0.05) is 16.6 Å². The lowest BCUT2D eigenvalue weighted by molar-refractivity contribution is -0.0251. The molecule has 5 heteroatoms. The molecule has 1 atom stereocenters. The normalized spacial score (nSPS) is 14.3. The van der Waals surface area contributed by atoms with Crippen molar-refractivity contribution < 1.29 is 13.2 Å². The summed E-state index contributed by atoms with van der Waals surface area (Å²) in [6, 6.07) is 9.46. The number of hydrogen-bond acceptors (Lipinski definition) is 3. The summed E-state index contributed by atoms with van der Waals surface area (Å²) < 4.78 is 28.5. The summed E-state index contributed by atoms with van der Waals surface area (Å²) in [7, 11) is 1.82. The van der Waals surface area contributed by atoms with Crippen molar-refractivity contribution in [1.29, 1.82) is 0 Å². The van der Waals surface area contributed by atoms with E-state index in [-0.39, 0.29) is 17.3 Å². The first kappa shape index (κ1) is 16.5. The summed E-state index contributed by atoms with van der Waals surface area (Å²) in [4.78, 5) is 0. The third-order valence-corrected chi connectivity index (χ3v) is 4.38. The number of benzene rings is 1. The lowest BCUT2D eigenvalue weighted by Gasteiger charge is -2.26. The second-order valence-electron chi connectivity index (χ2n) is 5.24. The van der Waals surface area contributed by atoms with Crippen molar-refractivity contribution in [3.8, 4) is 0 Å². The number of hydrogen-bond donors (Lipinski definition) is 0. The lowest BCUT2D eigenvalue weighted by Crippen LogP contribution is -2.27. The van der Waals surface area contributed by atoms with Crippen LogP contribution in [0.3, 0.4) is 0 Å². The van der Waals surface area contributed by atoms with E-state index in [9.17, 15) is 8.42 Å². The fourth-order valence-electron chi connectivity index (χ4n) is 1.63.